The first-order valence-electron chi connectivity index (χ1n) is 7.60. The molecule has 124 valence electrons. The maximum absolute atomic E-state index is 10.3. The Balaban J connectivity index is 2.78. The van der Waals surface area contributed by atoms with Crippen LogP contribution in [0, 0.1) is 0 Å². The number of rotatable bonds is 5. The number of aliphatic hydroxyl groups excluding tert-OH is 1. The third-order valence-corrected chi connectivity index (χ3v) is 8.95. The molecule has 1 saturated heterocycles. The van der Waals surface area contributed by atoms with Crippen LogP contribution in [0.15, 0.2) is 12.2 Å². The summed E-state index contributed by atoms with van der Waals surface area (Å²) < 4.78 is 18.0. The fourth-order valence-corrected chi connectivity index (χ4v) is 3.06. The molecule has 0 unspecified atom stereocenters. The van der Waals surface area contributed by atoms with Crippen molar-refractivity contribution in [1.82, 2.24) is 0 Å². The molecule has 1 rings (SSSR count). The molecular weight excluding hydrogens is 284 g/mol. The maximum Gasteiger partial charge on any atom is 0.192 e. The lowest BCUT2D eigenvalue weighted by Crippen LogP contribution is -2.45. The second kappa shape index (κ2) is 6.12. The van der Waals surface area contributed by atoms with Gasteiger partial charge in [-0.05, 0) is 44.5 Å². The van der Waals surface area contributed by atoms with Gasteiger partial charge in [0.15, 0.2) is 14.1 Å². The third kappa shape index (κ3) is 4.63. The number of hydrogen-bond donors (Lipinski definition) is 1. The molecule has 0 radical (unpaired) electrons. The summed E-state index contributed by atoms with van der Waals surface area (Å²) in [6.07, 6.45) is -1.44. The van der Waals surface area contributed by atoms with Crippen LogP contribution < -0.4 is 0 Å². The van der Waals surface area contributed by atoms with Gasteiger partial charge in [0.1, 0.15) is 18.3 Å². The topological polar surface area (TPSA) is 47.9 Å². The van der Waals surface area contributed by atoms with Gasteiger partial charge in [0.25, 0.3) is 0 Å². The Hall–Kier alpha value is -0.203. The fraction of sp³-hybridized carbons (Fsp3) is 0.875. The summed E-state index contributed by atoms with van der Waals surface area (Å²) in [5, 5.41) is 10.4. The van der Waals surface area contributed by atoms with Crippen molar-refractivity contribution in [3.8, 4) is 0 Å². The van der Waals surface area contributed by atoms with Gasteiger partial charge < -0.3 is 19.0 Å². The van der Waals surface area contributed by atoms with Gasteiger partial charge in [-0.25, -0.2) is 0 Å². The monoisotopic (exact) mass is 316 g/mol. The normalized spacial score (nSPS) is 27.7. The number of ether oxygens (including phenoxy) is 2. The predicted octanol–water partition coefficient (Wildman–Crippen LogP) is 3.47. The van der Waals surface area contributed by atoms with Crippen LogP contribution in [0.1, 0.15) is 41.5 Å². The van der Waals surface area contributed by atoms with Crippen LogP contribution in [0.25, 0.3) is 0 Å². The number of aliphatic hydroxyl groups is 1. The largest absolute Gasteiger partial charge is 0.414 e. The minimum absolute atomic E-state index is 0.143. The molecule has 1 aliphatic heterocycles. The van der Waals surface area contributed by atoms with Crippen LogP contribution in [0.5, 0.6) is 0 Å². The molecule has 1 fully saturated rings. The minimum Gasteiger partial charge on any atom is -0.414 e. The second-order valence-corrected chi connectivity index (χ2v) is 12.8. The Bertz CT molecular complexity index is 384. The lowest BCUT2D eigenvalue weighted by molar-refractivity contribution is -0.154. The van der Waals surface area contributed by atoms with E-state index in [2.05, 4.69) is 40.4 Å². The molecule has 0 aromatic heterocycles. The molecule has 5 heteroatoms. The van der Waals surface area contributed by atoms with E-state index >= 15 is 0 Å². The van der Waals surface area contributed by atoms with E-state index in [1.807, 2.05) is 13.8 Å². The van der Waals surface area contributed by atoms with Crippen LogP contribution in [-0.4, -0.2) is 44.1 Å². The lowest BCUT2D eigenvalue weighted by atomic mass is 10.0. The Labute approximate surface area is 130 Å². The molecule has 0 aromatic rings. The zero-order valence-corrected chi connectivity index (χ0v) is 15.8. The molecule has 1 aliphatic rings. The van der Waals surface area contributed by atoms with Crippen molar-refractivity contribution in [2.24, 2.45) is 0 Å². The number of hydrogen-bond acceptors (Lipinski definition) is 4. The van der Waals surface area contributed by atoms with E-state index in [0.29, 0.717) is 12.2 Å². The fourth-order valence-electron chi connectivity index (χ4n) is 2.05. The van der Waals surface area contributed by atoms with Crippen molar-refractivity contribution in [2.45, 2.75) is 83.8 Å². The lowest BCUT2D eigenvalue weighted by Gasteiger charge is -2.37. The molecule has 0 bridgehead atoms. The summed E-state index contributed by atoms with van der Waals surface area (Å²) in [5.74, 6) is -0.706. The van der Waals surface area contributed by atoms with Crippen LogP contribution in [0.4, 0.5) is 0 Å². The first-order valence-corrected chi connectivity index (χ1v) is 10.5. The van der Waals surface area contributed by atoms with Gasteiger partial charge in [-0.3, -0.25) is 0 Å². The van der Waals surface area contributed by atoms with Crippen LogP contribution >= 0.6 is 0 Å². The SMILES string of the molecule is C=C(C)[C@@H](O)[C@H]1OC(C)(C)O[C@@H]1CO[Si](C)(C)C(C)(C)C. The van der Waals surface area contributed by atoms with E-state index < -0.39 is 26.3 Å². The van der Waals surface area contributed by atoms with Crippen molar-refractivity contribution in [1.29, 1.82) is 0 Å². The highest BCUT2D eigenvalue weighted by molar-refractivity contribution is 6.74. The molecule has 1 N–H and O–H groups in total. The third-order valence-electron chi connectivity index (χ3n) is 4.45. The van der Waals surface area contributed by atoms with Gasteiger partial charge in [-0.1, -0.05) is 27.4 Å². The van der Waals surface area contributed by atoms with E-state index in [4.69, 9.17) is 13.9 Å². The molecule has 0 saturated carbocycles. The summed E-state index contributed by atoms with van der Waals surface area (Å²) in [4.78, 5) is 0. The highest BCUT2D eigenvalue weighted by Gasteiger charge is 2.46. The predicted molar refractivity (Wildman–Crippen MR) is 87.8 cm³/mol. The Morgan fingerprint density at radius 1 is 1.33 bits per heavy atom. The molecular formula is C16H32O4Si. The van der Waals surface area contributed by atoms with Crippen molar-refractivity contribution in [2.75, 3.05) is 6.61 Å². The Morgan fingerprint density at radius 3 is 2.29 bits per heavy atom. The Morgan fingerprint density at radius 2 is 1.86 bits per heavy atom. The minimum atomic E-state index is -1.85. The van der Waals surface area contributed by atoms with Gasteiger partial charge in [0, 0.05) is 0 Å². The molecule has 0 aliphatic carbocycles. The smallest absolute Gasteiger partial charge is 0.192 e. The molecule has 0 amide bonds. The summed E-state index contributed by atoms with van der Waals surface area (Å²) >= 11 is 0. The van der Waals surface area contributed by atoms with Gasteiger partial charge in [0.05, 0.1) is 6.61 Å². The van der Waals surface area contributed by atoms with Crippen molar-refractivity contribution < 1.29 is 19.0 Å². The highest BCUT2D eigenvalue weighted by Crippen LogP contribution is 2.38. The standard InChI is InChI=1S/C16H32O4Si/c1-11(2)13(17)14-12(19-16(6,7)20-14)10-18-21(8,9)15(3,4)5/h12-14,17H,1,10H2,2-9H3/t12-,13-,14+/m1/s1. The Kier molecular flexibility index (Phi) is 5.50. The quantitative estimate of drug-likeness (QED) is 0.623. The van der Waals surface area contributed by atoms with Gasteiger partial charge >= 0.3 is 0 Å². The van der Waals surface area contributed by atoms with E-state index in [-0.39, 0.29) is 11.1 Å². The molecule has 1 heterocycles. The summed E-state index contributed by atoms with van der Waals surface area (Å²) in [7, 11) is -1.85. The van der Waals surface area contributed by atoms with E-state index in [0.717, 1.165) is 0 Å². The van der Waals surface area contributed by atoms with Gasteiger partial charge in [0.2, 0.25) is 0 Å². The molecule has 0 aromatic carbocycles. The molecule has 3 atom stereocenters. The summed E-state index contributed by atoms with van der Waals surface area (Å²) in [5.41, 5.74) is 0.679. The first-order chi connectivity index (χ1) is 9.27. The average molecular weight is 317 g/mol. The highest BCUT2D eigenvalue weighted by atomic mass is 28.4. The molecule has 0 spiro atoms. The van der Waals surface area contributed by atoms with Crippen molar-refractivity contribution in [3.05, 3.63) is 12.2 Å². The average Bonchev–Trinajstić information content (AvgIpc) is 2.59. The maximum atomic E-state index is 10.3. The van der Waals surface area contributed by atoms with Gasteiger partial charge in [-0.2, -0.15) is 0 Å². The van der Waals surface area contributed by atoms with Crippen molar-refractivity contribution >= 4 is 8.32 Å². The van der Waals surface area contributed by atoms with Crippen molar-refractivity contribution in [3.63, 3.8) is 0 Å². The first kappa shape index (κ1) is 18.8. The van der Waals surface area contributed by atoms with E-state index in [9.17, 15) is 5.11 Å². The van der Waals surface area contributed by atoms with E-state index in [1.54, 1.807) is 6.92 Å². The second-order valence-electron chi connectivity index (χ2n) is 8.00. The summed E-state index contributed by atoms with van der Waals surface area (Å²) in [6.45, 7) is 20.8. The van der Waals surface area contributed by atoms with Crippen LogP contribution in [0.2, 0.25) is 18.1 Å². The van der Waals surface area contributed by atoms with Crippen LogP contribution in [-0.2, 0) is 13.9 Å². The molecule has 21 heavy (non-hydrogen) atoms. The molecule has 4 nitrogen and oxygen atoms in total. The summed E-state index contributed by atoms with van der Waals surface area (Å²) in [6, 6.07) is 0. The van der Waals surface area contributed by atoms with Crippen LogP contribution in [0.3, 0.4) is 0 Å². The zero-order chi connectivity index (χ0) is 16.6. The zero-order valence-electron chi connectivity index (χ0n) is 14.8. The van der Waals surface area contributed by atoms with Gasteiger partial charge in [-0.15, -0.1) is 0 Å². The van der Waals surface area contributed by atoms with E-state index in [1.165, 1.54) is 0 Å².